The van der Waals surface area contributed by atoms with Crippen molar-refractivity contribution in [1.29, 1.82) is 0 Å². The summed E-state index contributed by atoms with van der Waals surface area (Å²) in [4.78, 5) is 8.37. The standard InChI is InChI=1S/C11H20N4O2/c1-3-9-10(12-2)14-8-15-11(9)13-4-6-17-7-5-16/h8,16H,3-7H2,1-2H3,(H2,12,13,14,15). The van der Waals surface area contributed by atoms with E-state index < -0.39 is 0 Å². The van der Waals surface area contributed by atoms with E-state index in [0.717, 1.165) is 23.6 Å². The van der Waals surface area contributed by atoms with Crippen LogP contribution in [0.3, 0.4) is 0 Å². The molecule has 1 aromatic rings. The number of hydrogen-bond donors (Lipinski definition) is 3. The van der Waals surface area contributed by atoms with E-state index >= 15 is 0 Å². The summed E-state index contributed by atoms with van der Waals surface area (Å²) >= 11 is 0. The molecule has 0 aliphatic carbocycles. The van der Waals surface area contributed by atoms with E-state index in [1.807, 2.05) is 7.05 Å². The van der Waals surface area contributed by atoms with Crippen LogP contribution >= 0.6 is 0 Å². The van der Waals surface area contributed by atoms with Gasteiger partial charge in [0.05, 0.1) is 19.8 Å². The van der Waals surface area contributed by atoms with E-state index in [0.29, 0.717) is 19.8 Å². The Labute approximate surface area is 101 Å². The molecule has 0 atom stereocenters. The summed E-state index contributed by atoms with van der Waals surface area (Å²) in [7, 11) is 1.84. The predicted molar refractivity (Wildman–Crippen MR) is 67.4 cm³/mol. The Morgan fingerprint density at radius 1 is 1.29 bits per heavy atom. The Balaban J connectivity index is 2.52. The Bertz CT molecular complexity index is 333. The van der Waals surface area contributed by atoms with E-state index in [1.54, 1.807) is 0 Å². The Morgan fingerprint density at radius 2 is 2.06 bits per heavy atom. The highest BCUT2D eigenvalue weighted by molar-refractivity contribution is 5.56. The van der Waals surface area contributed by atoms with Gasteiger partial charge >= 0.3 is 0 Å². The SMILES string of the molecule is CCc1c(NC)ncnc1NCCOCCO. The summed E-state index contributed by atoms with van der Waals surface area (Å²) in [5.74, 6) is 1.68. The zero-order chi connectivity index (χ0) is 12.5. The number of rotatable bonds is 8. The first-order valence-electron chi connectivity index (χ1n) is 5.77. The van der Waals surface area contributed by atoms with E-state index in [1.165, 1.54) is 6.33 Å². The highest BCUT2D eigenvalue weighted by Gasteiger charge is 2.07. The molecular weight excluding hydrogens is 220 g/mol. The molecule has 0 bridgehead atoms. The third kappa shape index (κ3) is 4.16. The highest BCUT2D eigenvalue weighted by atomic mass is 16.5. The highest BCUT2D eigenvalue weighted by Crippen LogP contribution is 2.19. The molecule has 0 radical (unpaired) electrons. The van der Waals surface area contributed by atoms with Crippen LogP contribution in [0.25, 0.3) is 0 Å². The maximum absolute atomic E-state index is 8.56. The normalized spacial score (nSPS) is 10.3. The van der Waals surface area contributed by atoms with Crippen molar-refractivity contribution in [3.05, 3.63) is 11.9 Å². The van der Waals surface area contributed by atoms with Gasteiger partial charge < -0.3 is 20.5 Å². The van der Waals surface area contributed by atoms with Crippen LogP contribution in [-0.4, -0.2) is 48.5 Å². The van der Waals surface area contributed by atoms with E-state index in [9.17, 15) is 0 Å². The smallest absolute Gasteiger partial charge is 0.134 e. The summed E-state index contributed by atoms with van der Waals surface area (Å²) in [5.41, 5.74) is 1.07. The Morgan fingerprint density at radius 3 is 2.71 bits per heavy atom. The molecule has 1 aromatic heterocycles. The van der Waals surface area contributed by atoms with Crippen molar-refractivity contribution in [2.75, 3.05) is 44.0 Å². The van der Waals surface area contributed by atoms with Gasteiger partial charge in [0.2, 0.25) is 0 Å². The van der Waals surface area contributed by atoms with Gasteiger partial charge in [0.25, 0.3) is 0 Å². The zero-order valence-electron chi connectivity index (χ0n) is 10.4. The molecule has 0 saturated heterocycles. The average Bonchev–Trinajstić information content (AvgIpc) is 2.38. The van der Waals surface area contributed by atoms with Crippen molar-refractivity contribution in [3.8, 4) is 0 Å². The minimum Gasteiger partial charge on any atom is -0.394 e. The van der Waals surface area contributed by atoms with Crippen LogP contribution in [0.2, 0.25) is 0 Å². The molecule has 1 heterocycles. The molecule has 0 amide bonds. The van der Waals surface area contributed by atoms with Gasteiger partial charge in [-0.05, 0) is 6.42 Å². The summed E-state index contributed by atoms with van der Waals surface area (Å²) in [6.45, 7) is 3.69. The summed E-state index contributed by atoms with van der Waals surface area (Å²) in [5, 5.41) is 14.8. The van der Waals surface area contributed by atoms with Crippen LogP contribution in [0.4, 0.5) is 11.6 Å². The summed E-state index contributed by atoms with van der Waals surface area (Å²) < 4.78 is 5.16. The number of aromatic nitrogens is 2. The zero-order valence-corrected chi connectivity index (χ0v) is 10.4. The molecule has 0 aliphatic rings. The van der Waals surface area contributed by atoms with Crippen LogP contribution in [-0.2, 0) is 11.2 Å². The summed E-state index contributed by atoms with van der Waals surface area (Å²) in [6.07, 6.45) is 2.39. The van der Waals surface area contributed by atoms with Crippen molar-refractivity contribution in [2.24, 2.45) is 0 Å². The van der Waals surface area contributed by atoms with Gasteiger partial charge in [-0.3, -0.25) is 0 Å². The van der Waals surface area contributed by atoms with Gasteiger partial charge in [-0.1, -0.05) is 6.92 Å². The van der Waals surface area contributed by atoms with Gasteiger partial charge in [-0.25, -0.2) is 9.97 Å². The quantitative estimate of drug-likeness (QED) is 0.574. The van der Waals surface area contributed by atoms with Crippen molar-refractivity contribution in [1.82, 2.24) is 9.97 Å². The lowest BCUT2D eigenvalue weighted by molar-refractivity contribution is 0.0992. The fourth-order valence-corrected chi connectivity index (χ4v) is 1.52. The second-order valence-corrected chi connectivity index (χ2v) is 3.42. The maximum Gasteiger partial charge on any atom is 0.134 e. The topological polar surface area (TPSA) is 79.3 Å². The van der Waals surface area contributed by atoms with Crippen molar-refractivity contribution in [3.63, 3.8) is 0 Å². The fourth-order valence-electron chi connectivity index (χ4n) is 1.52. The number of aliphatic hydroxyl groups is 1. The molecule has 0 aromatic carbocycles. The lowest BCUT2D eigenvalue weighted by Gasteiger charge is -2.12. The molecule has 0 aliphatic heterocycles. The van der Waals surface area contributed by atoms with Crippen molar-refractivity contribution in [2.45, 2.75) is 13.3 Å². The molecule has 0 saturated carbocycles. The summed E-state index contributed by atoms with van der Waals surface area (Å²) in [6, 6.07) is 0. The first-order valence-corrected chi connectivity index (χ1v) is 5.77. The molecule has 0 spiro atoms. The van der Waals surface area contributed by atoms with Crippen LogP contribution in [0.1, 0.15) is 12.5 Å². The predicted octanol–water partition coefficient (Wildman–Crippen LogP) is 0.501. The first-order chi connectivity index (χ1) is 8.33. The van der Waals surface area contributed by atoms with Crippen LogP contribution in [0.5, 0.6) is 0 Å². The molecule has 0 fully saturated rings. The third-order valence-electron chi connectivity index (χ3n) is 2.31. The minimum atomic E-state index is 0.0532. The molecular formula is C11H20N4O2. The molecule has 3 N–H and O–H groups in total. The van der Waals surface area contributed by atoms with Gasteiger partial charge in [0, 0.05) is 19.2 Å². The van der Waals surface area contributed by atoms with E-state index in [4.69, 9.17) is 9.84 Å². The number of hydrogen-bond acceptors (Lipinski definition) is 6. The molecule has 96 valence electrons. The fraction of sp³-hybridized carbons (Fsp3) is 0.636. The maximum atomic E-state index is 8.56. The van der Waals surface area contributed by atoms with Crippen molar-refractivity contribution < 1.29 is 9.84 Å². The lowest BCUT2D eigenvalue weighted by atomic mass is 10.2. The molecule has 17 heavy (non-hydrogen) atoms. The number of nitrogens with zero attached hydrogens (tertiary/aromatic N) is 2. The van der Waals surface area contributed by atoms with Gasteiger partial charge in [-0.15, -0.1) is 0 Å². The Hall–Kier alpha value is -1.40. The molecule has 1 rings (SSSR count). The average molecular weight is 240 g/mol. The Kier molecular flexibility index (Phi) is 6.27. The number of nitrogens with one attached hydrogen (secondary N) is 2. The van der Waals surface area contributed by atoms with E-state index in [2.05, 4.69) is 27.5 Å². The molecule has 6 heteroatoms. The van der Waals surface area contributed by atoms with Crippen LogP contribution < -0.4 is 10.6 Å². The van der Waals surface area contributed by atoms with Crippen molar-refractivity contribution >= 4 is 11.6 Å². The van der Waals surface area contributed by atoms with Gasteiger partial charge in [0.15, 0.2) is 0 Å². The minimum absolute atomic E-state index is 0.0532. The lowest BCUT2D eigenvalue weighted by Crippen LogP contribution is -2.14. The molecule has 6 nitrogen and oxygen atoms in total. The largest absolute Gasteiger partial charge is 0.394 e. The van der Waals surface area contributed by atoms with Crippen LogP contribution in [0.15, 0.2) is 6.33 Å². The number of ether oxygens (including phenoxy) is 1. The second-order valence-electron chi connectivity index (χ2n) is 3.42. The van der Waals surface area contributed by atoms with E-state index in [-0.39, 0.29) is 6.61 Å². The van der Waals surface area contributed by atoms with Gasteiger partial charge in [-0.2, -0.15) is 0 Å². The molecule has 0 unspecified atom stereocenters. The third-order valence-corrected chi connectivity index (χ3v) is 2.31. The number of anilines is 2. The van der Waals surface area contributed by atoms with Gasteiger partial charge in [0.1, 0.15) is 18.0 Å². The first kappa shape index (κ1) is 13.7. The number of aliphatic hydroxyl groups excluding tert-OH is 1. The van der Waals surface area contributed by atoms with Crippen LogP contribution in [0, 0.1) is 0 Å². The second kappa shape index (κ2) is 7.81. The monoisotopic (exact) mass is 240 g/mol.